The molecule has 0 spiro atoms. The van der Waals surface area contributed by atoms with Gasteiger partial charge in [0.05, 0.1) is 40.4 Å². The Balaban J connectivity index is 1.33. The van der Waals surface area contributed by atoms with E-state index >= 15 is 0 Å². The molecule has 1 amide bonds. The number of carbonyl (C=O) groups is 1. The topological polar surface area (TPSA) is 103 Å². The number of pyridine rings is 1. The largest absolute Gasteiger partial charge is 0.387 e. The summed E-state index contributed by atoms with van der Waals surface area (Å²) in [5.74, 6) is 0.826. The van der Waals surface area contributed by atoms with Crippen LogP contribution < -0.4 is 15.5 Å². The molecule has 1 unspecified atom stereocenters. The molecule has 3 N–H and O–H groups in total. The minimum atomic E-state index is -0.785. The van der Waals surface area contributed by atoms with E-state index in [9.17, 15) is 14.3 Å². The molecule has 31 heavy (non-hydrogen) atoms. The Labute approximate surface area is 184 Å². The van der Waals surface area contributed by atoms with Crippen molar-refractivity contribution < 1.29 is 14.3 Å². The molecule has 3 fully saturated rings. The molecule has 10 heteroatoms. The van der Waals surface area contributed by atoms with Crippen LogP contribution in [0.2, 0.25) is 5.02 Å². The van der Waals surface area contributed by atoms with Crippen LogP contribution in [0.3, 0.4) is 0 Å². The molecule has 5 rings (SSSR count). The molecular weight excluding hydrogens is 423 g/mol. The lowest BCUT2D eigenvalue weighted by Gasteiger charge is -2.25. The first-order chi connectivity index (χ1) is 14.8. The minimum Gasteiger partial charge on any atom is -0.387 e. The summed E-state index contributed by atoms with van der Waals surface area (Å²) in [7, 11) is 0. The molecule has 0 bridgehead atoms. The van der Waals surface area contributed by atoms with E-state index in [0.29, 0.717) is 35.4 Å². The van der Waals surface area contributed by atoms with Crippen molar-refractivity contribution in [3.05, 3.63) is 35.0 Å². The zero-order valence-electron chi connectivity index (χ0n) is 17.3. The monoisotopic (exact) mass is 446 g/mol. The smallest absolute Gasteiger partial charge is 0.229 e. The quantitative estimate of drug-likeness (QED) is 0.626. The maximum absolute atomic E-state index is 14.6. The second kappa shape index (κ2) is 7.27. The number of aliphatic hydroxyl groups is 1. The molecule has 4 atom stereocenters. The predicted molar refractivity (Wildman–Crippen MR) is 114 cm³/mol. The maximum Gasteiger partial charge on any atom is 0.229 e. The highest BCUT2D eigenvalue weighted by Gasteiger charge is 2.68. The third-order valence-electron chi connectivity index (χ3n) is 6.69. The van der Waals surface area contributed by atoms with Gasteiger partial charge in [0.1, 0.15) is 0 Å². The van der Waals surface area contributed by atoms with E-state index in [0.717, 1.165) is 19.0 Å². The first-order valence-corrected chi connectivity index (χ1v) is 10.9. The predicted octanol–water partition coefficient (Wildman–Crippen LogP) is 2.81. The van der Waals surface area contributed by atoms with E-state index in [1.165, 1.54) is 6.20 Å². The molecule has 2 aromatic heterocycles. The van der Waals surface area contributed by atoms with Crippen molar-refractivity contribution in [3.8, 4) is 0 Å². The Bertz CT molecular complexity index is 1050. The van der Waals surface area contributed by atoms with Crippen molar-refractivity contribution >= 4 is 35.0 Å². The summed E-state index contributed by atoms with van der Waals surface area (Å²) in [6.45, 7) is 4.88. The van der Waals surface area contributed by atoms with E-state index in [1.807, 2.05) is 4.90 Å². The van der Waals surface area contributed by atoms with Crippen molar-refractivity contribution in [1.29, 1.82) is 0 Å². The van der Waals surface area contributed by atoms with Gasteiger partial charge in [0.2, 0.25) is 11.9 Å². The Morgan fingerprint density at radius 3 is 2.84 bits per heavy atom. The first kappa shape index (κ1) is 20.4. The summed E-state index contributed by atoms with van der Waals surface area (Å²) in [5, 5.41) is 16.2. The SMILES string of the molecule is CC(O)c1ncc(Nc2ncc(F)c(N3C[C@H]4[C@@H](C)[C@@]4(NC(=O)C4CC4)C3)n2)cc1Cl. The lowest BCUT2D eigenvalue weighted by molar-refractivity contribution is -0.123. The molecule has 1 aliphatic heterocycles. The number of aliphatic hydroxyl groups excluding tert-OH is 1. The summed E-state index contributed by atoms with van der Waals surface area (Å²) in [5.41, 5.74) is 0.605. The van der Waals surface area contributed by atoms with Crippen molar-refractivity contribution in [2.24, 2.45) is 17.8 Å². The molecule has 164 valence electrons. The molecule has 3 heterocycles. The molecule has 2 aliphatic carbocycles. The summed E-state index contributed by atoms with van der Waals surface area (Å²) in [6.07, 6.45) is 3.77. The summed E-state index contributed by atoms with van der Waals surface area (Å²) >= 11 is 6.16. The van der Waals surface area contributed by atoms with Crippen molar-refractivity contribution in [1.82, 2.24) is 20.3 Å². The van der Waals surface area contributed by atoms with E-state index < -0.39 is 11.9 Å². The van der Waals surface area contributed by atoms with Gasteiger partial charge in [-0.05, 0) is 31.7 Å². The molecule has 2 saturated carbocycles. The van der Waals surface area contributed by atoms with Crippen LogP contribution in [0.1, 0.15) is 38.5 Å². The maximum atomic E-state index is 14.6. The highest BCUT2D eigenvalue weighted by molar-refractivity contribution is 6.31. The summed E-state index contributed by atoms with van der Waals surface area (Å²) in [6, 6.07) is 1.61. The van der Waals surface area contributed by atoms with Gasteiger partial charge < -0.3 is 20.6 Å². The van der Waals surface area contributed by atoms with Gasteiger partial charge >= 0.3 is 0 Å². The highest BCUT2D eigenvalue weighted by Crippen LogP contribution is 2.56. The summed E-state index contributed by atoms with van der Waals surface area (Å²) in [4.78, 5) is 26.7. The Morgan fingerprint density at radius 2 is 2.16 bits per heavy atom. The van der Waals surface area contributed by atoms with Crippen LogP contribution in [0, 0.1) is 23.6 Å². The van der Waals surface area contributed by atoms with Gasteiger partial charge in [-0.3, -0.25) is 9.78 Å². The second-order valence-corrected chi connectivity index (χ2v) is 9.24. The molecular formula is C21H24ClFN6O2. The van der Waals surface area contributed by atoms with Gasteiger partial charge in [-0.25, -0.2) is 9.37 Å². The number of aromatic nitrogens is 3. The van der Waals surface area contributed by atoms with Crippen molar-refractivity contribution in [2.45, 2.75) is 38.3 Å². The molecule has 1 saturated heterocycles. The Kier molecular flexibility index (Phi) is 4.78. The number of hydrogen-bond donors (Lipinski definition) is 3. The van der Waals surface area contributed by atoms with Crippen LogP contribution in [-0.4, -0.2) is 44.6 Å². The highest BCUT2D eigenvalue weighted by atomic mass is 35.5. The number of anilines is 3. The molecule has 2 aromatic rings. The lowest BCUT2D eigenvalue weighted by atomic mass is 10.2. The van der Waals surface area contributed by atoms with E-state index in [4.69, 9.17) is 11.6 Å². The van der Waals surface area contributed by atoms with Crippen molar-refractivity contribution in [2.75, 3.05) is 23.3 Å². The molecule has 3 aliphatic rings. The zero-order chi connectivity index (χ0) is 21.9. The van der Waals surface area contributed by atoms with Crippen LogP contribution >= 0.6 is 11.6 Å². The third kappa shape index (κ3) is 3.59. The number of halogens is 2. The fourth-order valence-electron chi connectivity index (χ4n) is 4.60. The van der Waals surface area contributed by atoms with E-state index in [2.05, 4.69) is 32.5 Å². The van der Waals surface area contributed by atoms with Gasteiger partial charge in [0.25, 0.3) is 0 Å². The Hall–Kier alpha value is -2.52. The second-order valence-electron chi connectivity index (χ2n) is 8.84. The van der Waals surface area contributed by atoms with Gasteiger partial charge in [-0.1, -0.05) is 18.5 Å². The molecule has 8 nitrogen and oxygen atoms in total. The van der Waals surface area contributed by atoms with Crippen molar-refractivity contribution in [3.63, 3.8) is 0 Å². The molecule has 0 aromatic carbocycles. The number of nitrogens with zero attached hydrogens (tertiary/aromatic N) is 4. The average molecular weight is 447 g/mol. The van der Waals surface area contributed by atoms with Crippen LogP contribution in [0.5, 0.6) is 0 Å². The number of fused-ring (bicyclic) bond motifs is 1. The first-order valence-electron chi connectivity index (χ1n) is 10.5. The van der Waals surface area contributed by atoms with Gasteiger partial charge in [-0.15, -0.1) is 0 Å². The molecule has 0 radical (unpaired) electrons. The number of hydrogen-bond acceptors (Lipinski definition) is 7. The standard InChI is InChI=1S/C21H24ClFN6O2/c1-10-14-8-29(9-21(10,14)28-19(31)12-3-4-12)18-16(23)7-25-20(27-18)26-13-5-15(22)17(11(2)30)24-6-13/h5-7,10-12,14,30H,3-4,8-9H2,1-2H3,(H,28,31)(H,25,26,27)/t10-,11?,14+,21+/m1/s1. The third-order valence-corrected chi connectivity index (χ3v) is 6.99. The lowest BCUT2D eigenvalue weighted by Crippen LogP contribution is -2.45. The van der Waals surface area contributed by atoms with Crippen LogP contribution in [0.15, 0.2) is 18.5 Å². The zero-order valence-corrected chi connectivity index (χ0v) is 18.0. The minimum absolute atomic E-state index is 0.117. The average Bonchev–Trinajstić information content (AvgIpc) is 3.61. The fourth-order valence-corrected chi connectivity index (χ4v) is 4.93. The summed E-state index contributed by atoms with van der Waals surface area (Å²) < 4.78 is 14.6. The van der Waals surface area contributed by atoms with Gasteiger partial charge in [0, 0.05) is 24.9 Å². The Morgan fingerprint density at radius 1 is 1.39 bits per heavy atom. The van der Waals surface area contributed by atoms with E-state index in [-0.39, 0.29) is 35.0 Å². The number of rotatable bonds is 6. The normalized spacial score (nSPS) is 27.6. The van der Waals surface area contributed by atoms with E-state index in [1.54, 1.807) is 13.0 Å². The number of piperidine rings is 1. The van der Waals surface area contributed by atoms with Crippen LogP contribution in [-0.2, 0) is 4.79 Å². The van der Waals surface area contributed by atoms with Crippen LogP contribution in [0.4, 0.5) is 21.8 Å². The van der Waals surface area contributed by atoms with Gasteiger partial charge in [-0.2, -0.15) is 4.98 Å². The fraction of sp³-hybridized carbons (Fsp3) is 0.524. The van der Waals surface area contributed by atoms with Crippen LogP contribution in [0.25, 0.3) is 0 Å². The number of amides is 1. The van der Waals surface area contributed by atoms with Gasteiger partial charge in [0.15, 0.2) is 11.6 Å². The number of nitrogens with one attached hydrogen (secondary N) is 2. The number of carbonyl (C=O) groups excluding carboxylic acids is 1.